The molecule has 10 heavy (non-hydrogen) atoms. The van der Waals surface area contributed by atoms with Crippen molar-refractivity contribution in [2.24, 2.45) is 0 Å². The van der Waals surface area contributed by atoms with Gasteiger partial charge < -0.3 is 14.8 Å². The molecule has 0 saturated heterocycles. The Morgan fingerprint density at radius 3 is 2.50 bits per heavy atom. The summed E-state index contributed by atoms with van der Waals surface area (Å²) in [5.74, 6) is 0. The average molecular weight is 131 g/mol. The van der Waals surface area contributed by atoms with E-state index in [1.165, 1.54) is 6.20 Å². The minimum absolute atomic E-state index is 0. The number of hydrogen-bond donors (Lipinski definition) is 0. The summed E-state index contributed by atoms with van der Waals surface area (Å²) < 4.78 is 0. The van der Waals surface area contributed by atoms with Crippen molar-refractivity contribution in [3.63, 3.8) is 0 Å². The normalized spacial score (nSPS) is 14.6. The molecule has 0 unspecified atom stereocenters. The number of rotatable bonds is 0. The first kappa shape index (κ1) is 9.35. The summed E-state index contributed by atoms with van der Waals surface area (Å²) in [6.07, 6.45) is 5.50. The van der Waals surface area contributed by atoms with E-state index < -0.39 is 6.09 Å². The summed E-state index contributed by atoms with van der Waals surface area (Å²) in [5.41, 5.74) is 0. The van der Waals surface area contributed by atoms with Gasteiger partial charge in [-0.25, -0.2) is 0 Å². The third-order valence-electron chi connectivity index (χ3n) is 1.05. The van der Waals surface area contributed by atoms with E-state index in [9.17, 15) is 9.90 Å². The predicted molar refractivity (Wildman–Crippen MR) is 30.4 cm³/mol. The maximum absolute atomic E-state index is 10.1. The Balaban J connectivity index is 0.000000810. The number of amides is 1. The number of hydrogen-bond acceptors (Lipinski definition) is 2. The molecule has 0 aromatic carbocycles. The standard InChI is InChI=1S/C6H7NO2.Li/c8-6(9)7-4-2-1-3-5-7;/h1-4H,5H2,(H,8,9);/q;+1/p-1. The molecule has 0 N–H and O–H groups in total. The fraction of sp³-hybridized carbons (Fsp3) is 0.167. The molecule has 48 valence electrons. The zero-order chi connectivity index (χ0) is 6.69. The van der Waals surface area contributed by atoms with E-state index in [0.717, 1.165) is 4.90 Å². The fourth-order valence-electron chi connectivity index (χ4n) is 0.603. The quantitative estimate of drug-likeness (QED) is 0.323. The summed E-state index contributed by atoms with van der Waals surface area (Å²) in [6.45, 7) is 0.402. The van der Waals surface area contributed by atoms with Gasteiger partial charge in [0.15, 0.2) is 0 Å². The van der Waals surface area contributed by atoms with Crippen molar-refractivity contribution in [2.75, 3.05) is 6.54 Å². The van der Waals surface area contributed by atoms with Gasteiger partial charge in [-0.15, -0.1) is 0 Å². The van der Waals surface area contributed by atoms with Crippen molar-refractivity contribution < 1.29 is 28.8 Å². The minimum Gasteiger partial charge on any atom is -0.530 e. The van der Waals surface area contributed by atoms with Gasteiger partial charge in [0, 0.05) is 12.7 Å². The van der Waals surface area contributed by atoms with Gasteiger partial charge in [-0.05, 0) is 6.08 Å². The zero-order valence-electron chi connectivity index (χ0n) is 5.78. The molecule has 1 aliphatic heterocycles. The topological polar surface area (TPSA) is 43.4 Å². The molecule has 0 saturated carbocycles. The van der Waals surface area contributed by atoms with Gasteiger partial charge in [0.25, 0.3) is 0 Å². The average Bonchev–Trinajstić information content (AvgIpc) is 1.90. The molecule has 0 atom stereocenters. The van der Waals surface area contributed by atoms with E-state index in [0.29, 0.717) is 6.54 Å². The molecule has 0 radical (unpaired) electrons. The zero-order valence-corrected chi connectivity index (χ0v) is 5.78. The van der Waals surface area contributed by atoms with Crippen LogP contribution < -0.4 is 24.0 Å². The summed E-state index contributed by atoms with van der Waals surface area (Å²) >= 11 is 0. The third kappa shape index (κ3) is 2.30. The van der Waals surface area contributed by atoms with Gasteiger partial charge in [-0.2, -0.15) is 0 Å². The molecule has 0 bridgehead atoms. The number of carbonyl (C=O) groups is 1. The monoisotopic (exact) mass is 131 g/mol. The molecule has 1 rings (SSSR count). The fourth-order valence-corrected chi connectivity index (χ4v) is 0.603. The summed E-state index contributed by atoms with van der Waals surface area (Å²) in [7, 11) is 0. The van der Waals surface area contributed by atoms with Crippen molar-refractivity contribution in [2.45, 2.75) is 0 Å². The first-order chi connectivity index (χ1) is 4.30. The molecule has 0 aromatic heterocycles. The van der Waals surface area contributed by atoms with Gasteiger partial charge in [0.2, 0.25) is 0 Å². The Morgan fingerprint density at radius 1 is 1.50 bits per heavy atom. The molecule has 1 heterocycles. The maximum Gasteiger partial charge on any atom is 1.00 e. The van der Waals surface area contributed by atoms with Crippen molar-refractivity contribution in [1.82, 2.24) is 4.90 Å². The molecule has 4 heteroatoms. The molecule has 0 fully saturated rings. The van der Waals surface area contributed by atoms with Crippen LogP contribution in [0.4, 0.5) is 4.79 Å². The number of nitrogens with zero attached hydrogens (tertiary/aromatic N) is 1. The van der Waals surface area contributed by atoms with E-state index in [4.69, 9.17) is 0 Å². The van der Waals surface area contributed by atoms with E-state index in [1.807, 2.05) is 0 Å². The van der Waals surface area contributed by atoms with Gasteiger partial charge in [0.05, 0.1) is 0 Å². The Hall–Kier alpha value is -0.653. The van der Waals surface area contributed by atoms with Crippen LogP contribution in [0.5, 0.6) is 0 Å². The number of carbonyl (C=O) groups excluding carboxylic acids is 1. The molecule has 1 aliphatic rings. The molecule has 3 nitrogen and oxygen atoms in total. The van der Waals surface area contributed by atoms with E-state index in [1.54, 1.807) is 18.2 Å². The van der Waals surface area contributed by atoms with Crippen molar-refractivity contribution >= 4 is 6.09 Å². The van der Waals surface area contributed by atoms with Gasteiger partial charge in [-0.1, -0.05) is 12.2 Å². The molecule has 0 aromatic rings. The first-order valence-electron chi connectivity index (χ1n) is 2.61. The molecule has 0 spiro atoms. The van der Waals surface area contributed by atoms with Crippen LogP contribution in [0.25, 0.3) is 0 Å². The second-order valence-electron chi connectivity index (χ2n) is 1.69. The van der Waals surface area contributed by atoms with Crippen LogP contribution in [0.3, 0.4) is 0 Å². The Bertz CT molecular complexity index is 177. The van der Waals surface area contributed by atoms with Crippen LogP contribution in [0.2, 0.25) is 0 Å². The second kappa shape index (κ2) is 4.21. The molecular formula is C6H6LiNO2. The molecule has 0 aliphatic carbocycles. The van der Waals surface area contributed by atoms with Crippen LogP contribution >= 0.6 is 0 Å². The van der Waals surface area contributed by atoms with Gasteiger partial charge in [-0.3, -0.25) is 0 Å². The summed E-state index contributed by atoms with van der Waals surface area (Å²) in [6, 6.07) is 0. The van der Waals surface area contributed by atoms with Crippen LogP contribution in [-0.2, 0) is 0 Å². The van der Waals surface area contributed by atoms with Crippen LogP contribution in [0, 0.1) is 0 Å². The van der Waals surface area contributed by atoms with Crippen LogP contribution in [0.15, 0.2) is 24.4 Å². The second-order valence-corrected chi connectivity index (χ2v) is 1.69. The Morgan fingerprint density at radius 2 is 2.20 bits per heavy atom. The predicted octanol–water partition coefficient (Wildman–Crippen LogP) is -3.28. The SMILES string of the molecule is O=C([O-])N1C=CC=CC1.[Li+]. The smallest absolute Gasteiger partial charge is 0.530 e. The third-order valence-corrected chi connectivity index (χ3v) is 1.05. The van der Waals surface area contributed by atoms with Crippen molar-refractivity contribution in [3.8, 4) is 0 Å². The summed E-state index contributed by atoms with van der Waals surface area (Å²) in [4.78, 5) is 11.2. The number of carboxylic acid groups (broad SMARTS) is 1. The molecular weight excluding hydrogens is 125 g/mol. The van der Waals surface area contributed by atoms with Crippen molar-refractivity contribution in [3.05, 3.63) is 24.4 Å². The minimum atomic E-state index is -1.16. The Labute approximate surface area is 71.2 Å². The Kier molecular flexibility index (Phi) is 3.93. The number of allylic oxidation sites excluding steroid dienone is 2. The maximum atomic E-state index is 10.1. The largest absolute Gasteiger partial charge is 1.00 e. The molecule has 1 amide bonds. The van der Waals surface area contributed by atoms with Gasteiger partial charge >= 0.3 is 18.9 Å². The van der Waals surface area contributed by atoms with Gasteiger partial charge in [0.1, 0.15) is 6.09 Å². The van der Waals surface area contributed by atoms with E-state index in [2.05, 4.69) is 0 Å². The first-order valence-corrected chi connectivity index (χ1v) is 2.61. The van der Waals surface area contributed by atoms with Crippen molar-refractivity contribution in [1.29, 1.82) is 0 Å². The van der Waals surface area contributed by atoms with E-state index >= 15 is 0 Å². The van der Waals surface area contributed by atoms with Crippen LogP contribution in [-0.4, -0.2) is 17.5 Å². The van der Waals surface area contributed by atoms with Crippen LogP contribution in [0.1, 0.15) is 0 Å². The summed E-state index contributed by atoms with van der Waals surface area (Å²) in [5, 5.41) is 10.1. The van der Waals surface area contributed by atoms with E-state index in [-0.39, 0.29) is 18.9 Å².